The van der Waals surface area contributed by atoms with Crippen LogP contribution in [0.25, 0.3) is 11.3 Å². The molecule has 3 aromatic carbocycles. The second-order valence-electron chi connectivity index (χ2n) is 10.0. The van der Waals surface area contributed by atoms with Crippen molar-refractivity contribution >= 4 is 42.0 Å². The van der Waals surface area contributed by atoms with Crippen LogP contribution in [-0.2, 0) is 20.2 Å². The molecule has 0 saturated carbocycles. The Bertz CT molecular complexity index is 1610. The van der Waals surface area contributed by atoms with Crippen LogP contribution < -0.4 is 10.2 Å². The molecule has 2 saturated heterocycles. The highest BCUT2D eigenvalue weighted by molar-refractivity contribution is 9.10. The SMILES string of the molecule is Brc1ccc(-c2ccc(N3C[C@@H]4CN[C@@H]4C3)nn2)cc1.Cc1ccc(S(=O)(=O)O)cc1.Cc1ccc(S(=O)(=O)O)cc1. The molecule has 222 valence electrons. The van der Waals surface area contributed by atoms with Crippen molar-refractivity contribution in [1.82, 2.24) is 15.5 Å². The van der Waals surface area contributed by atoms with Crippen molar-refractivity contribution in [3.63, 3.8) is 0 Å². The highest BCUT2D eigenvalue weighted by Gasteiger charge is 2.39. The monoisotopic (exact) mass is 674 g/mol. The van der Waals surface area contributed by atoms with Gasteiger partial charge in [-0.15, -0.1) is 10.2 Å². The molecule has 10 nitrogen and oxygen atoms in total. The first-order valence-corrected chi connectivity index (χ1v) is 16.6. The number of nitrogens with one attached hydrogen (secondary N) is 1. The van der Waals surface area contributed by atoms with Gasteiger partial charge in [-0.1, -0.05) is 63.5 Å². The molecule has 2 aliphatic heterocycles. The third-order valence-corrected chi connectivity index (χ3v) is 9.10. The number of hydrogen-bond acceptors (Lipinski definition) is 8. The van der Waals surface area contributed by atoms with Crippen LogP contribution in [0.1, 0.15) is 11.1 Å². The molecule has 3 N–H and O–H groups in total. The first kappa shape index (κ1) is 31.7. The van der Waals surface area contributed by atoms with Gasteiger partial charge < -0.3 is 10.2 Å². The van der Waals surface area contributed by atoms with Gasteiger partial charge in [0.05, 0.1) is 15.5 Å². The van der Waals surface area contributed by atoms with E-state index >= 15 is 0 Å². The highest BCUT2D eigenvalue weighted by atomic mass is 79.9. The minimum atomic E-state index is -4.02. The number of anilines is 1. The van der Waals surface area contributed by atoms with Crippen molar-refractivity contribution in [3.05, 3.63) is 101 Å². The largest absolute Gasteiger partial charge is 0.353 e. The quantitative estimate of drug-likeness (QED) is 0.258. The molecule has 42 heavy (non-hydrogen) atoms. The second-order valence-corrected chi connectivity index (χ2v) is 13.8. The zero-order valence-electron chi connectivity index (χ0n) is 22.9. The molecular formula is C29H31BrN4O6S2. The second kappa shape index (κ2) is 13.4. The van der Waals surface area contributed by atoms with Gasteiger partial charge in [-0.2, -0.15) is 16.8 Å². The van der Waals surface area contributed by atoms with Gasteiger partial charge in [-0.05, 0) is 62.4 Å². The van der Waals surface area contributed by atoms with Gasteiger partial charge in [0.1, 0.15) is 0 Å². The number of rotatable bonds is 4. The Morgan fingerprint density at radius 3 is 1.62 bits per heavy atom. The smallest absolute Gasteiger partial charge is 0.294 e. The van der Waals surface area contributed by atoms with Crippen molar-refractivity contribution in [3.8, 4) is 11.3 Å². The summed E-state index contributed by atoms with van der Waals surface area (Å²) in [5.74, 6) is 1.78. The molecule has 3 heterocycles. The minimum Gasteiger partial charge on any atom is -0.353 e. The van der Waals surface area contributed by atoms with Gasteiger partial charge in [-0.25, -0.2) is 0 Å². The normalized spacial score (nSPS) is 17.6. The van der Waals surface area contributed by atoms with Crippen LogP contribution in [0, 0.1) is 19.8 Å². The highest BCUT2D eigenvalue weighted by Crippen LogP contribution is 2.28. The van der Waals surface area contributed by atoms with Crippen LogP contribution in [0.2, 0.25) is 0 Å². The Hall–Kier alpha value is -3.20. The van der Waals surface area contributed by atoms with E-state index in [1.807, 2.05) is 38.1 Å². The number of hydrogen-bond donors (Lipinski definition) is 3. The van der Waals surface area contributed by atoms with E-state index in [9.17, 15) is 16.8 Å². The van der Waals surface area contributed by atoms with E-state index in [0.29, 0.717) is 6.04 Å². The van der Waals surface area contributed by atoms with Crippen LogP contribution in [0.3, 0.4) is 0 Å². The summed E-state index contributed by atoms with van der Waals surface area (Å²) in [6, 6.07) is 24.9. The third kappa shape index (κ3) is 8.66. The van der Waals surface area contributed by atoms with Gasteiger partial charge in [0, 0.05) is 41.6 Å². The van der Waals surface area contributed by atoms with Crippen LogP contribution in [0.5, 0.6) is 0 Å². The fourth-order valence-corrected chi connectivity index (χ4v) is 5.55. The Balaban J connectivity index is 0.000000158. The maximum Gasteiger partial charge on any atom is 0.294 e. The fourth-order valence-electron chi connectivity index (χ4n) is 4.33. The van der Waals surface area contributed by atoms with Gasteiger partial charge in [0.15, 0.2) is 5.82 Å². The molecule has 0 aliphatic carbocycles. The minimum absolute atomic E-state index is 0.0666. The van der Waals surface area contributed by atoms with Crippen molar-refractivity contribution in [2.45, 2.75) is 29.7 Å². The Morgan fingerprint density at radius 1 is 0.738 bits per heavy atom. The molecule has 1 aromatic heterocycles. The van der Waals surface area contributed by atoms with Crippen molar-refractivity contribution in [2.24, 2.45) is 5.92 Å². The lowest BCUT2D eigenvalue weighted by Crippen LogP contribution is -2.51. The summed E-state index contributed by atoms with van der Waals surface area (Å²) in [6.45, 7) is 6.98. The third-order valence-electron chi connectivity index (χ3n) is 6.84. The molecule has 0 unspecified atom stereocenters. The lowest BCUT2D eigenvalue weighted by atomic mass is 9.96. The zero-order chi connectivity index (χ0) is 30.5. The summed E-state index contributed by atoms with van der Waals surface area (Å²) in [5, 5.41) is 12.2. The Labute approximate surface area is 254 Å². The van der Waals surface area contributed by atoms with Gasteiger partial charge in [0.25, 0.3) is 20.2 Å². The maximum absolute atomic E-state index is 10.5. The standard InChI is InChI=1S/C15H15BrN4.2C7H8O3S/c16-12-3-1-10(2-4-12)13-5-6-15(19-18-13)20-8-11-7-17-14(11)9-20;2*1-6-2-4-7(5-3-6)11(8,9)10/h1-6,11,14,17H,7-9H2;2*2-5H,1H3,(H,8,9,10)/t11-,14+;;/m0../s1. The number of benzene rings is 3. The lowest BCUT2D eigenvalue weighted by molar-refractivity contribution is 0.297. The summed E-state index contributed by atoms with van der Waals surface area (Å²) >= 11 is 3.44. The molecule has 4 aromatic rings. The molecule has 13 heteroatoms. The maximum atomic E-state index is 10.5. The van der Waals surface area contributed by atoms with E-state index in [-0.39, 0.29) is 9.79 Å². The van der Waals surface area contributed by atoms with E-state index in [1.165, 1.54) is 24.3 Å². The molecule has 2 atom stereocenters. The summed E-state index contributed by atoms with van der Waals surface area (Å²) in [5.41, 5.74) is 3.92. The number of fused-ring (bicyclic) bond motifs is 1. The molecule has 0 bridgehead atoms. The molecule has 0 amide bonds. The average Bonchev–Trinajstić information content (AvgIpc) is 3.23. The first-order chi connectivity index (χ1) is 19.8. The Morgan fingerprint density at radius 2 is 1.26 bits per heavy atom. The average molecular weight is 676 g/mol. The number of aryl methyl sites for hydroxylation is 2. The molecule has 2 fully saturated rings. The van der Waals surface area contributed by atoms with Gasteiger partial charge >= 0.3 is 0 Å². The predicted octanol–water partition coefficient (Wildman–Crippen LogP) is 4.80. The van der Waals surface area contributed by atoms with Crippen molar-refractivity contribution in [2.75, 3.05) is 24.5 Å². The lowest BCUT2D eigenvalue weighted by Gasteiger charge is -2.29. The summed E-state index contributed by atoms with van der Waals surface area (Å²) < 4.78 is 60.2. The first-order valence-electron chi connectivity index (χ1n) is 13.0. The molecule has 0 spiro atoms. The molecule has 6 rings (SSSR count). The van der Waals surface area contributed by atoms with E-state index in [2.05, 4.69) is 48.5 Å². The number of halogens is 1. The zero-order valence-corrected chi connectivity index (χ0v) is 26.1. The van der Waals surface area contributed by atoms with E-state index < -0.39 is 20.2 Å². The van der Waals surface area contributed by atoms with E-state index in [4.69, 9.17) is 9.11 Å². The fraction of sp³-hybridized carbons (Fsp3) is 0.241. The predicted molar refractivity (Wildman–Crippen MR) is 165 cm³/mol. The summed E-state index contributed by atoms with van der Waals surface area (Å²) in [4.78, 5) is 2.19. The van der Waals surface area contributed by atoms with Gasteiger partial charge in [-0.3, -0.25) is 9.11 Å². The number of nitrogens with zero attached hydrogens (tertiary/aromatic N) is 3. The van der Waals surface area contributed by atoms with E-state index in [1.54, 1.807) is 24.3 Å². The Kier molecular flexibility index (Phi) is 10.1. The van der Waals surface area contributed by atoms with Crippen LogP contribution in [-0.4, -0.2) is 61.8 Å². The van der Waals surface area contributed by atoms with Crippen LogP contribution in [0.15, 0.2) is 99.2 Å². The summed E-state index contributed by atoms with van der Waals surface area (Å²) in [6.07, 6.45) is 0. The van der Waals surface area contributed by atoms with Crippen molar-refractivity contribution < 1.29 is 25.9 Å². The van der Waals surface area contributed by atoms with Crippen LogP contribution >= 0.6 is 15.9 Å². The molecular weight excluding hydrogens is 644 g/mol. The van der Waals surface area contributed by atoms with Crippen molar-refractivity contribution in [1.29, 1.82) is 0 Å². The summed E-state index contributed by atoms with van der Waals surface area (Å²) in [7, 11) is -8.04. The molecule has 0 radical (unpaired) electrons. The topological polar surface area (TPSA) is 150 Å². The van der Waals surface area contributed by atoms with Gasteiger partial charge in [0.2, 0.25) is 0 Å². The van der Waals surface area contributed by atoms with E-state index in [0.717, 1.165) is 58.2 Å². The molecule has 2 aliphatic rings. The van der Waals surface area contributed by atoms with Crippen LogP contribution in [0.4, 0.5) is 5.82 Å². The number of aromatic nitrogens is 2.